The van der Waals surface area contributed by atoms with Gasteiger partial charge in [-0.1, -0.05) is 11.6 Å². The normalized spacial score (nSPS) is 18.9. The molecular weight excluding hydrogens is 256 g/mol. The van der Waals surface area contributed by atoms with Gasteiger partial charge in [0.1, 0.15) is 6.54 Å². The average molecular weight is 287 g/mol. The van der Waals surface area contributed by atoms with Crippen LogP contribution < -0.4 is 4.57 Å². The highest BCUT2D eigenvalue weighted by molar-refractivity contribution is 5.12. The van der Waals surface area contributed by atoms with Gasteiger partial charge in [-0.2, -0.15) is 0 Å². The Hall–Kier alpha value is -1.15. The molecule has 1 fully saturated rings. The van der Waals surface area contributed by atoms with Crippen molar-refractivity contribution in [2.75, 3.05) is 13.6 Å². The van der Waals surface area contributed by atoms with Gasteiger partial charge in [0, 0.05) is 24.1 Å². The fraction of sp³-hybridized carbons (Fsp3) is 0.632. The lowest BCUT2D eigenvalue weighted by Crippen LogP contribution is -2.34. The Morgan fingerprint density at radius 1 is 1.33 bits per heavy atom. The molecule has 2 heteroatoms. The Balaban J connectivity index is 1.77. The van der Waals surface area contributed by atoms with Gasteiger partial charge in [0.25, 0.3) is 0 Å². The van der Waals surface area contributed by atoms with Crippen LogP contribution in [0.25, 0.3) is 0 Å². The predicted molar refractivity (Wildman–Crippen MR) is 89.1 cm³/mol. The van der Waals surface area contributed by atoms with Gasteiger partial charge in [0.2, 0.25) is 0 Å². The van der Waals surface area contributed by atoms with E-state index < -0.39 is 0 Å². The lowest BCUT2D eigenvalue weighted by molar-refractivity contribution is -0.697. The van der Waals surface area contributed by atoms with E-state index in [0.29, 0.717) is 6.04 Å². The summed E-state index contributed by atoms with van der Waals surface area (Å²) < 4.78 is 2.38. The molecule has 0 spiro atoms. The number of pyridine rings is 1. The molecule has 2 heterocycles. The summed E-state index contributed by atoms with van der Waals surface area (Å²) in [5.41, 5.74) is 2.93. The third kappa shape index (κ3) is 5.28. The second-order valence-electron chi connectivity index (χ2n) is 6.64. The van der Waals surface area contributed by atoms with Crippen molar-refractivity contribution in [3.05, 3.63) is 41.7 Å². The summed E-state index contributed by atoms with van der Waals surface area (Å²) in [5.74, 6) is 0. The summed E-state index contributed by atoms with van der Waals surface area (Å²) in [5, 5.41) is 0. The molecule has 0 amide bonds. The van der Waals surface area contributed by atoms with Gasteiger partial charge < -0.3 is 0 Å². The van der Waals surface area contributed by atoms with Crippen LogP contribution in [-0.2, 0) is 6.54 Å². The van der Waals surface area contributed by atoms with Crippen LogP contribution in [0.4, 0.5) is 0 Å². The molecule has 0 saturated carbocycles. The predicted octanol–water partition coefficient (Wildman–Crippen LogP) is 4.27. The van der Waals surface area contributed by atoms with Crippen molar-refractivity contribution in [2.45, 2.75) is 65.0 Å². The number of allylic oxidation sites excluding steroid dienone is 2. The fourth-order valence-corrected chi connectivity index (χ4v) is 3.22. The van der Waals surface area contributed by atoms with Crippen molar-refractivity contribution in [1.82, 2.24) is 4.90 Å². The molecule has 0 N–H and O–H groups in total. The molecule has 0 bridgehead atoms. The van der Waals surface area contributed by atoms with Crippen LogP contribution in [0.1, 0.15) is 64.0 Å². The number of aryl methyl sites for hydroxylation is 1. The molecule has 2 nitrogen and oxygen atoms in total. The Morgan fingerprint density at radius 3 is 2.90 bits per heavy atom. The maximum absolute atomic E-state index is 2.49. The highest BCUT2D eigenvalue weighted by Crippen LogP contribution is 2.29. The Bertz CT molecular complexity index is 460. The van der Waals surface area contributed by atoms with Gasteiger partial charge in [-0.25, -0.2) is 4.57 Å². The first-order valence-corrected chi connectivity index (χ1v) is 8.49. The van der Waals surface area contributed by atoms with Gasteiger partial charge >= 0.3 is 0 Å². The molecule has 116 valence electrons. The molecule has 21 heavy (non-hydrogen) atoms. The average Bonchev–Trinajstić information content (AvgIpc) is 2.89. The largest absolute Gasteiger partial charge is 0.299 e. The zero-order valence-electron chi connectivity index (χ0n) is 14.0. The summed E-state index contributed by atoms with van der Waals surface area (Å²) in [4.78, 5) is 2.49. The van der Waals surface area contributed by atoms with E-state index in [0.717, 1.165) is 6.54 Å². The van der Waals surface area contributed by atoms with E-state index in [1.54, 1.807) is 0 Å². The quantitative estimate of drug-likeness (QED) is 0.413. The van der Waals surface area contributed by atoms with Gasteiger partial charge in [-0.05, 0) is 65.6 Å². The van der Waals surface area contributed by atoms with Gasteiger partial charge in [-0.15, -0.1) is 0 Å². The van der Waals surface area contributed by atoms with Crippen LogP contribution in [0.15, 0.2) is 36.2 Å². The first-order valence-electron chi connectivity index (χ1n) is 8.49. The van der Waals surface area contributed by atoms with Crippen molar-refractivity contribution in [3.8, 4) is 0 Å². The summed E-state index contributed by atoms with van der Waals surface area (Å²) in [6.07, 6.45) is 14.7. The number of nitrogens with zero attached hydrogens (tertiary/aromatic N) is 2. The van der Waals surface area contributed by atoms with E-state index in [1.807, 2.05) is 0 Å². The van der Waals surface area contributed by atoms with Gasteiger partial charge in [0.05, 0.1) is 0 Å². The lowest BCUT2D eigenvalue weighted by Gasteiger charge is -2.18. The number of likely N-dealkylation sites (tertiary alicyclic amines) is 1. The maximum atomic E-state index is 2.49. The first kappa shape index (κ1) is 16.2. The SMILES string of the molecule is CC(C)=CCCCCC[n+]1cccc(C2CCCN2C)c1. The van der Waals surface area contributed by atoms with Gasteiger partial charge in [-0.3, -0.25) is 4.90 Å². The van der Waals surface area contributed by atoms with Crippen LogP contribution in [-0.4, -0.2) is 18.5 Å². The van der Waals surface area contributed by atoms with E-state index >= 15 is 0 Å². The molecule has 1 aliphatic rings. The molecule has 1 saturated heterocycles. The van der Waals surface area contributed by atoms with Crippen LogP contribution in [0.3, 0.4) is 0 Å². The second kappa shape index (κ2) is 8.33. The Kier molecular flexibility index (Phi) is 6.44. The minimum absolute atomic E-state index is 0.634. The molecule has 0 aliphatic carbocycles. The molecule has 1 unspecified atom stereocenters. The van der Waals surface area contributed by atoms with Gasteiger partial charge in [0.15, 0.2) is 12.4 Å². The first-order chi connectivity index (χ1) is 10.2. The van der Waals surface area contributed by atoms with Crippen LogP contribution >= 0.6 is 0 Å². The smallest absolute Gasteiger partial charge is 0.173 e. The zero-order chi connectivity index (χ0) is 15.1. The minimum atomic E-state index is 0.634. The maximum Gasteiger partial charge on any atom is 0.173 e. The van der Waals surface area contributed by atoms with E-state index in [-0.39, 0.29) is 0 Å². The monoisotopic (exact) mass is 287 g/mol. The highest BCUT2D eigenvalue weighted by Gasteiger charge is 2.24. The molecule has 0 radical (unpaired) electrons. The Morgan fingerprint density at radius 2 is 2.19 bits per heavy atom. The number of hydrogen-bond acceptors (Lipinski definition) is 1. The number of unbranched alkanes of at least 4 members (excludes halogenated alkanes) is 3. The molecule has 1 aromatic heterocycles. The number of rotatable bonds is 7. The highest BCUT2D eigenvalue weighted by atomic mass is 15.1. The van der Waals surface area contributed by atoms with Crippen molar-refractivity contribution < 1.29 is 4.57 Å². The zero-order valence-corrected chi connectivity index (χ0v) is 14.0. The lowest BCUT2D eigenvalue weighted by atomic mass is 10.1. The topological polar surface area (TPSA) is 7.12 Å². The third-order valence-electron chi connectivity index (χ3n) is 4.46. The van der Waals surface area contributed by atoms with E-state index in [9.17, 15) is 0 Å². The summed E-state index contributed by atoms with van der Waals surface area (Å²) >= 11 is 0. The van der Waals surface area contributed by atoms with Crippen molar-refractivity contribution in [2.24, 2.45) is 0 Å². The van der Waals surface area contributed by atoms with Crippen molar-refractivity contribution in [1.29, 1.82) is 0 Å². The van der Waals surface area contributed by atoms with E-state index in [4.69, 9.17) is 0 Å². The number of hydrogen-bond donors (Lipinski definition) is 0. The van der Waals surface area contributed by atoms with Crippen molar-refractivity contribution >= 4 is 0 Å². The standard InChI is InChI=1S/C19H31N2/c1-17(2)10-6-4-5-7-14-21-15-8-11-18(16-21)19-12-9-13-20(19)3/h8,10-11,15-16,19H,4-7,9,12-14H2,1-3H3/q+1. The molecule has 1 aliphatic heterocycles. The molecular formula is C19H31N2+. The van der Waals surface area contributed by atoms with E-state index in [1.165, 1.54) is 56.2 Å². The molecule has 1 atom stereocenters. The molecule has 2 rings (SSSR count). The van der Waals surface area contributed by atoms with Crippen LogP contribution in [0, 0.1) is 0 Å². The second-order valence-corrected chi connectivity index (χ2v) is 6.64. The van der Waals surface area contributed by atoms with Crippen LogP contribution in [0.2, 0.25) is 0 Å². The van der Waals surface area contributed by atoms with E-state index in [2.05, 4.69) is 61.0 Å². The van der Waals surface area contributed by atoms with Crippen molar-refractivity contribution in [3.63, 3.8) is 0 Å². The summed E-state index contributed by atoms with van der Waals surface area (Å²) in [7, 11) is 2.25. The summed E-state index contributed by atoms with van der Waals surface area (Å²) in [6.45, 7) is 6.76. The Labute approximate surface area is 130 Å². The molecule has 1 aromatic rings. The summed E-state index contributed by atoms with van der Waals surface area (Å²) in [6, 6.07) is 5.14. The minimum Gasteiger partial charge on any atom is -0.299 e. The molecule has 0 aromatic carbocycles. The third-order valence-corrected chi connectivity index (χ3v) is 4.46. The fourth-order valence-electron chi connectivity index (χ4n) is 3.22. The van der Waals surface area contributed by atoms with Crippen LogP contribution in [0.5, 0.6) is 0 Å². The number of aromatic nitrogens is 1.